The maximum atomic E-state index is 12.1. The number of nitrogen functional groups attached to an aromatic ring is 1. The predicted molar refractivity (Wildman–Crippen MR) is 78.8 cm³/mol. The van der Waals surface area contributed by atoms with Gasteiger partial charge in [-0.15, -0.1) is 0 Å². The van der Waals surface area contributed by atoms with Crippen LogP contribution in [0.25, 0.3) is 0 Å². The zero-order valence-corrected chi connectivity index (χ0v) is 11.3. The van der Waals surface area contributed by atoms with E-state index in [1.165, 1.54) is 31.4 Å². The van der Waals surface area contributed by atoms with Crippen LogP contribution in [-0.4, -0.2) is 24.1 Å². The van der Waals surface area contributed by atoms with Gasteiger partial charge in [0.25, 0.3) is 5.91 Å². The highest BCUT2D eigenvalue weighted by Gasteiger charge is 2.13. The molecule has 6 nitrogen and oxygen atoms in total. The maximum absolute atomic E-state index is 12.1. The first kappa shape index (κ1) is 14.4. The molecule has 0 aliphatic carbocycles. The first-order valence-electron chi connectivity index (χ1n) is 6.09. The summed E-state index contributed by atoms with van der Waals surface area (Å²) in [6.07, 6.45) is 0. The lowest BCUT2D eigenvalue weighted by Crippen LogP contribution is -2.13. The molecular formula is C15H14N2O4. The predicted octanol–water partition coefficient (Wildman–Crippen LogP) is 2.23. The molecule has 0 aliphatic rings. The number of anilines is 2. The van der Waals surface area contributed by atoms with Crippen molar-refractivity contribution in [2.24, 2.45) is 0 Å². The molecule has 1 amide bonds. The molecule has 2 aromatic rings. The minimum atomic E-state index is -1.09. The molecular weight excluding hydrogens is 272 g/mol. The fourth-order valence-corrected chi connectivity index (χ4v) is 1.81. The molecule has 108 valence electrons. The number of nitrogens with one attached hydrogen (secondary N) is 1. The monoisotopic (exact) mass is 286 g/mol. The molecule has 0 saturated carbocycles. The van der Waals surface area contributed by atoms with E-state index in [1.54, 1.807) is 18.2 Å². The van der Waals surface area contributed by atoms with Crippen molar-refractivity contribution >= 4 is 23.3 Å². The van der Waals surface area contributed by atoms with Gasteiger partial charge in [0, 0.05) is 11.3 Å². The molecule has 0 spiro atoms. The van der Waals surface area contributed by atoms with Gasteiger partial charge in [-0.3, -0.25) is 4.79 Å². The summed E-state index contributed by atoms with van der Waals surface area (Å²) in [5.41, 5.74) is 6.80. The van der Waals surface area contributed by atoms with Gasteiger partial charge in [0.15, 0.2) is 0 Å². The van der Waals surface area contributed by atoms with Crippen molar-refractivity contribution in [1.29, 1.82) is 0 Å². The normalized spacial score (nSPS) is 9.95. The van der Waals surface area contributed by atoms with Crippen LogP contribution in [-0.2, 0) is 0 Å². The van der Waals surface area contributed by atoms with Crippen LogP contribution < -0.4 is 15.8 Å². The highest BCUT2D eigenvalue weighted by Crippen LogP contribution is 2.26. The van der Waals surface area contributed by atoms with Crippen LogP contribution in [0.1, 0.15) is 20.7 Å². The lowest BCUT2D eigenvalue weighted by molar-refractivity contribution is 0.0696. The van der Waals surface area contributed by atoms with Crippen LogP contribution in [0.2, 0.25) is 0 Å². The number of carboxylic acid groups (broad SMARTS) is 1. The Kier molecular flexibility index (Phi) is 4.08. The van der Waals surface area contributed by atoms with E-state index in [1.807, 2.05) is 0 Å². The van der Waals surface area contributed by atoms with Crippen molar-refractivity contribution in [3.05, 3.63) is 53.6 Å². The third kappa shape index (κ3) is 3.30. The van der Waals surface area contributed by atoms with E-state index in [4.69, 9.17) is 15.6 Å². The highest BCUT2D eigenvalue weighted by atomic mass is 16.5. The van der Waals surface area contributed by atoms with Gasteiger partial charge in [0.05, 0.1) is 18.4 Å². The molecule has 21 heavy (non-hydrogen) atoms. The number of rotatable bonds is 4. The van der Waals surface area contributed by atoms with E-state index in [0.717, 1.165) is 0 Å². The number of amides is 1. The summed E-state index contributed by atoms with van der Waals surface area (Å²) in [7, 11) is 1.44. The van der Waals surface area contributed by atoms with Crippen LogP contribution in [0.3, 0.4) is 0 Å². The van der Waals surface area contributed by atoms with Crippen molar-refractivity contribution in [3.63, 3.8) is 0 Å². The van der Waals surface area contributed by atoms with Crippen molar-refractivity contribution in [1.82, 2.24) is 0 Å². The summed E-state index contributed by atoms with van der Waals surface area (Å²) in [6, 6.07) is 10.7. The molecule has 0 heterocycles. The second-order valence-corrected chi connectivity index (χ2v) is 4.30. The number of hydrogen-bond donors (Lipinski definition) is 3. The number of methoxy groups -OCH3 is 1. The fraction of sp³-hybridized carbons (Fsp3) is 0.0667. The Morgan fingerprint density at radius 1 is 1.14 bits per heavy atom. The molecule has 0 radical (unpaired) electrons. The lowest BCUT2D eigenvalue weighted by Gasteiger charge is -2.11. The Morgan fingerprint density at radius 2 is 1.90 bits per heavy atom. The molecule has 4 N–H and O–H groups in total. The minimum absolute atomic E-state index is 0.0543. The standard InChI is InChI=1S/C15H14N2O4/c1-21-13-6-5-10(15(19)20)8-12(13)17-14(18)9-3-2-4-11(16)7-9/h2-8H,16H2,1H3,(H,17,18)(H,19,20). The second-order valence-electron chi connectivity index (χ2n) is 4.30. The number of carboxylic acids is 1. The molecule has 0 atom stereocenters. The smallest absolute Gasteiger partial charge is 0.335 e. The number of benzene rings is 2. The van der Waals surface area contributed by atoms with E-state index in [0.29, 0.717) is 17.0 Å². The second kappa shape index (κ2) is 5.96. The Morgan fingerprint density at radius 3 is 2.52 bits per heavy atom. The number of carbonyl (C=O) groups is 2. The fourth-order valence-electron chi connectivity index (χ4n) is 1.81. The van der Waals surface area contributed by atoms with Gasteiger partial charge in [-0.1, -0.05) is 6.07 Å². The van der Waals surface area contributed by atoms with Gasteiger partial charge in [-0.05, 0) is 36.4 Å². The quantitative estimate of drug-likeness (QED) is 0.748. The van der Waals surface area contributed by atoms with Crippen LogP contribution >= 0.6 is 0 Å². The number of carbonyl (C=O) groups excluding carboxylic acids is 1. The third-order valence-electron chi connectivity index (χ3n) is 2.84. The number of aromatic carboxylic acids is 1. The number of hydrogen-bond acceptors (Lipinski definition) is 4. The van der Waals surface area contributed by atoms with Crippen molar-refractivity contribution in [2.45, 2.75) is 0 Å². The van der Waals surface area contributed by atoms with Crippen molar-refractivity contribution in [2.75, 3.05) is 18.2 Å². The number of ether oxygens (including phenoxy) is 1. The van der Waals surface area contributed by atoms with E-state index < -0.39 is 11.9 Å². The summed E-state index contributed by atoms with van der Waals surface area (Å²) < 4.78 is 5.11. The summed E-state index contributed by atoms with van der Waals surface area (Å²) in [5.74, 6) is -1.11. The average Bonchev–Trinajstić information content (AvgIpc) is 2.47. The number of nitrogens with two attached hydrogens (primary N) is 1. The van der Waals surface area contributed by atoms with Gasteiger partial charge < -0.3 is 20.9 Å². The summed E-state index contributed by atoms with van der Waals surface area (Å²) in [6.45, 7) is 0. The molecule has 0 aromatic heterocycles. The first-order chi connectivity index (χ1) is 10.0. The zero-order chi connectivity index (χ0) is 15.4. The van der Waals surface area contributed by atoms with Crippen LogP contribution in [0.15, 0.2) is 42.5 Å². The Hall–Kier alpha value is -3.02. The lowest BCUT2D eigenvalue weighted by atomic mass is 10.1. The van der Waals surface area contributed by atoms with E-state index in [-0.39, 0.29) is 11.3 Å². The Balaban J connectivity index is 2.31. The minimum Gasteiger partial charge on any atom is -0.495 e. The molecule has 0 aliphatic heterocycles. The topological polar surface area (TPSA) is 102 Å². The largest absolute Gasteiger partial charge is 0.495 e. The average molecular weight is 286 g/mol. The molecule has 2 rings (SSSR count). The van der Waals surface area contributed by atoms with Gasteiger partial charge in [0.2, 0.25) is 0 Å². The Bertz CT molecular complexity index is 698. The van der Waals surface area contributed by atoms with Crippen molar-refractivity contribution in [3.8, 4) is 5.75 Å². The van der Waals surface area contributed by atoms with Crippen LogP contribution in [0.4, 0.5) is 11.4 Å². The van der Waals surface area contributed by atoms with E-state index in [9.17, 15) is 9.59 Å². The SMILES string of the molecule is COc1ccc(C(=O)O)cc1NC(=O)c1cccc(N)c1. The van der Waals surface area contributed by atoms with Gasteiger partial charge in [-0.25, -0.2) is 4.79 Å². The molecule has 0 unspecified atom stereocenters. The van der Waals surface area contributed by atoms with Crippen LogP contribution in [0, 0.1) is 0 Å². The maximum Gasteiger partial charge on any atom is 0.335 e. The molecule has 2 aromatic carbocycles. The first-order valence-corrected chi connectivity index (χ1v) is 6.09. The van der Waals surface area contributed by atoms with Gasteiger partial charge in [-0.2, -0.15) is 0 Å². The van der Waals surface area contributed by atoms with Crippen LogP contribution in [0.5, 0.6) is 5.75 Å². The summed E-state index contributed by atoms with van der Waals surface area (Å²) in [4.78, 5) is 23.1. The van der Waals surface area contributed by atoms with Gasteiger partial charge >= 0.3 is 5.97 Å². The summed E-state index contributed by atoms with van der Waals surface area (Å²) in [5, 5.41) is 11.6. The molecule has 6 heteroatoms. The Labute approximate surface area is 121 Å². The van der Waals surface area contributed by atoms with Crippen molar-refractivity contribution < 1.29 is 19.4 Å². The molecule has 0 saturated heterocycles. The highest BCUT2D eigenvalue weighted by molar-refractivity contribution is 6.06. The van der Waals surface area contributed by atoms with Gasteiger partial charge in [0.1, 0.15) is 5.75 Å². The summed E-state index contributed by atoms with van der Waals surface area (Å²) >= 11 is 0. The molecule has 0 bridgehead atoms. The zero-order valence-electron chi connectivity index (χ0n) is 11.3. The van der Waals surface area contributed by atoms with E-state index in [2.05, 4.69) is 5.32 Å². The third-order valence-corrected chi connectivity index (χ3v) is 2.84. The van der Waals surface area contributed by atoms with E-state index >= 15 is 0 Å². The molecule has 0 fully saturated rings.